The Labute approximate surface area is 213 Å². The van der Waals surface area contributed by atoms with Gasteiger partial charge in [0.25, 0.3) is 0 Å². The Morgan fingerprint density at radius 2 is 1.81 bits per heavy atom. The van der Waals surface area contributed by atoms with Gasteiger partial charge in [0.2, 0.25) is 21.8 Å². The van der Waals surface area contributed by atoms with Crippen LogP contribution in [0.25, 0.3) is 12.2 Å². The van der Waals surface area contributed by atoms with E-state index in [4.69, 9.17) is 4.52 Å². The molecule has 0 bridgehead atoms. The van der Waals surface area contributed by atoms with Crippen molar-refractivity contribution in [2.24, 2.45) is 5.92 Å². The largest absolute Gasteiger partial charge is 0.355 e. The molecule has 0 spiro atoms. The highest BCUT2D eigenvalue weighted by Gasteiger charge is 2.38. The summed E-state index contributed by atoms with van der Waals surface area (Å²) in [7, 11) is -3.98. The quantitative estimate of drug-likeness (QED) is 0.545. The minimum absolute atomic E-state index is 0.00916. The second-order valence-electron chi connectivity index (χ2n) is 8.98. The molecule has 3 aromatic rings. The SMILES string of the molecule is Cc1noc(/C=C/c2ccccc2F)c1S(=O)(=O)N1CCC(C(=O)N2CC(=O)Nc3ccccc32)CC1. The summed E-state index contributed by atoms with van der Waals surface area (Å²) in [5.74, 6) is -1.33. The average molecular weight is 525 g/mol. The van der Waals surface area contributed by atoms with E-state index in [0.717, 1.165) is 0 Å². The number of nitrogens with one attached hydrogen (secondary N) is 1. The maximum atomic E-state index is 14.0. The first-order chi connectivity index (χ1) is 17.8. The van der Waals surface area contributed by atoms with Crippen LogP contribution in [0.1, 0.15) is 29.9 Å². The van der Waals surface area contributed by atoms with Gasteiger partial charge in [-0.25, -0.2) is 12.8 Å². The molecule has 0 unspecified atom stereocenters. The summed E-state index contributed by atoms with van der Waals surface area (Å²) in [5.41, 5.74) is 1.69. The lowest BCUT2D eigenvalue weighted by Gasteiger charge is -2.35. The van der Waals surface area contributed by atoms with Crippen LogP contribution in [0.5, 0.6) is 0 Å². The average Bonchev–Trinajstić information content (AvgIpc) is 3.28. The molecule has 1 saturated heterocycles. The molecule has 1 fully saturated rings. The topological polar surface area (TPSA) is 113 Å². The summed E-state index contributed by atoms with van der Waals surface area (Å²) in [6.07, 6.45) is 3.44. The Hall–Kier alpha value is -3.83. The summed E-state index contributed by atoms with van der Waals surface area (Å²) in [6.45, 7) is 1.71. The van der Waals surface area contributed by atoms with Crippen molar-refractivity contribution in [2.75, 3.05) is 29.9 Å². The van der Waals surface area contributed by atoms with Crippen LogP contribution in [-0.2, 0) is 19.6 Å². The van der Waals surface area contributed by atoms with Gasteiger partial charge in [-0.1, -0.05) is 35.5 Å². The maximum absolute atomic E-state index is 14.0. The van der Waals surface area contributed by atoms with Gasteiger partial charge < -0.3 is 14.7 Å². The molecule has 1 aromatic heterocycles. The molecule has 2 aliphatic rings. The third-order valence-electron chi connectivity index (χ3n) is 6.59. The lowest BCUT2D eigenvalue weighted by molar-refractivity contribution is -0.125. The van der Waals surface area contributed by atoms with E-state index in [1.54, 1.807) is 42.5 Å². The Morgan fingerprint density at radius 1 is 1.11 bits per heavy atom. The first kappa shape index (κ1) is 24.8. The number of halogens is 1. The van der Waals surface area contributed by atoms with Crippen molar-refractivity contribution < 1.29 is 26.9 Å². The molecule has 0 radical (unpaired) electrons. The first-order valence-electron chi connectivity index (χ1n) is 11.8. The standard InChI is InChI=1S/C26H25FN4O5S/c1-17-25(23(36-29-17)11-10-18-6-2-3-7-20(18)27)37(34,35)30-14-12-19(13-15-30)26(33)31-16-24(32)28-21-8-4-5-9-22(21)31/h2-11,19H,12-16H2,1H3,(H,28,32)/b11-10+. The molecule has 2 aliphatic heterocycles. The van der Waals surface area contributed by atoms with Gasteiger partial charge in [0, 0.05) is 24.6 Å². The molecular weight excluding hydrogens is 499 g/mol. The van der Waals surface area contributed by atoms with Crippen LogP contribution in [0.15, 0.2) is 57.9 Å². The molecule has 2 amide bonds. The van der Waals surface area contributed by atoms with Crippen LogP contribution in [0.3, 0.4) is 0 Å². The van der Waals surface area contributed by atoms with Crippen LogP contribution in [0.2, 0.25) is 0 Å². The zero-order valence-corrected chi connectivity index (χ0v) is 20.9. The van der Waals surface area contributed by atoms with Crippen LogP contribution in [-0.4, -0.2) is 49.3 Å². The number of fused-ring (bicyclic) bond motifs is 1. The fraction of sp³-hybridized carbons (Fsp3) is 0.269. The minimum Gasteiger partial charge on any atom is -0.355 e. The Balaban J connectivity index is 1.32. The fourth-order valence-corrected chi connectivity index (χ4v) is 6.42. The van der Waals surface area contributed by atoms with Crippen LogP contribution in [0.4, 0.5) is 15.8 Å². The Kier molecular flexibility index (Phi) is 6.65. The number of para-hydroxylation sites is 2. The first-order valence-corrected chi connectivity index (χ1v) is 13.3. The van der Waals surface area contributed by atoms with E-state index in [9.17, 15) is 22.4 Å². The van der Waals surface area contributed by atoms with Crippen molar-refractivity contribution >= 4 is 45.4 Å². The monoisotopic (exact) mass is 524 g/mol. The number of aromatic nitrogens is 1. The number of anilines is 2. The molecule has 0 atom stereocenters. The zero-order valence-electron chi connectivity index (χ0n) is 20.1. The fourth-order valence-electron chi connectivity index (χ4n) is 4.70. The number of nitrogens with zero attached hydrogens (tertiary/aromatic N) is 3. The highest BCUT2D eigenvalue weighted by molar-refractivity contribution is 7.89. The Morgan fingerprint density at radius 3 is 2.57 bits per heavy atom. The number of amides is 2. The number of hydrogen-bond acceptors (Lipinski definition) is 6. The van der Waals surface area contributed by atoms with Crippen molar-refractivity contribution in [1.82, 2.24) is 9.46 Å². The number of rotatable bonds is 5. The maximum Gasteiger partial charge on any atom is 0.248 e. The molecule has 1 N–H and O–H groups in total. The smallest absolute Gasteiger partial charge is 0.248 e. The van der Waals surface area contributed by atoms with E-state index < -0.39 is 21.8 Å². The summed E-state index contributed by atoms with van der Waals surface area (Å²) in [5, 5.41) is 6.58. The number of carbonyl (C=O) groups is 2. The van der Waals surface area contributed by atoms with Crippen LogP contribution >= 0.6 is 0 Å². The molecule has 37 heavy (non-hydrogen) atoms. The van der Waals surface area contributed by atoms with Crippen molar-refractivity contribution in [1.29, 1.82) is 0 Å². The van der Waals surface area contributed by atoms with E-state index in [-0.39, 0.29) is 53.4 Å². The summed E-state index contributed by atoms with van der Waals surface area (Å²) >= 11 is 0. The van der Waals surface area contributed by atoms with Crippen molar-refractivity contribution in [3.8, 4) is 0 Å². The highest BCUT2D eigenvalue weighted by Crippen LogP contribution is 2.33. The predicted molar refractivity (Wildman–Crippen MR) is 135 cm³/mol. The Bertz CT molecular complexity index is 1490. The number of sulfonamides is 1. The third-order valence-corrected chi connectivity index (χ3v) is 8.65. The molecule has 9 nitrogen and oxygen atoms in total. The molecule has 0 aliphatic carbocycles. The minimum atomic E-state index is -3.98. The van der Waals surface area contributed by atoms with Gasteiger partial charge in [0.05, 0.1) is 11.4 Å². The van der Waals surface area contributed by atoms with Gasteiger partial charge in [0.15, 0.2) is 10.7 Å². The van der Waals surface area contributed by atoms with E-state index in [1.807, 2.05) is 0 Å². The second kappa shape index (κ2) is 9.91. The van der Waals surface area contributed by atoms with Gasteiger partial charge in [0.1, 0.15) is 18.1 Å². The van der Waals surface area contributed by atoms with Gasteiger partial charge in [-0.2, -0.15) is 4.31 Å². The lowest BCUT2D eigenvalue weighted by atomic mass is 9.95. The number of piperidine rings is 1. The van der Waals surface area contributed by atoms with Crippen molar-refractivity contribution in [2.45, 2.75) is 24.7 Å². The normalized spacial score (nSPS) is 17.1. The van der Waals surface area contributed by atoms with Gasteiger partial charge in [-0.3, -0.25) is 9.59 Å². The number of benzene rings is 2. The molecule has 5 rings (SSSR count). The lowest BCUT2D eigenvalue weighted by Crippen LogP contribution is -2.48. The van der Waals surface area contributed by atoms with Crippen LogP contribution < -0.4 is 10.2 Å². The summed E-state index contributed by atoms with van der Waals surface area (Å²) in [6, 6.07) is 13.2. The number of carbonyl (C=O) groups excluding carboxylic acids is 2. The molecule has 0 saturated carbocycles. The van der Waals surface area contributed by atoms with E-state index in [2.05, 4.69) is 10.5 Å². The predicted octanol–water partition coefficient (Wildman–Crippen LogP) is 3.68. The summed E-state index contributed by atoms with van der Waals surface area (Å²) in [4.78, 5) is 26.8. The summed E-state index contributed by atoms with van der Waals surface area (Å²) < 4.78 is 47.6. The van der Waals surface area contributed by atoms with E-state index in [1.165, 1.54) is 34.3 Å². The molecular formula is C26H25FN4O5S. The zero-order chi connectivity index (χ0) is 26.2. The van der Waals surface area contributed by atoms with Gasteiger partial charge in [-0.15, -0.1) is 0 Å². The highest BCUT2D eigenvalue weighted by atomic mass is 32.2. The van der Waals surface area contributed by atoms with Crippen molar-refractivity contribution in [3.63, 3.8) is 0 Å². The second-order valence-corrected chi connectivity index (χ2v) is 10.9. The van der Waals surface area contributed by atoms with Gasteiger partial charge in [-0.05, 0) is 50.1 Å². The molecule has 192 valence electrons. The van der Waals surface area contributed by atoms with Crippen molar-refractivity contribution in [3.05, 3.63) is 71.4 Å². The van der Waals surface area contributed by atoms with Crippen LogP contribution in [0, 0.1) is 18.7 Å². The van der Waals surface area contributed by atoms with Gasteiger partial charge >= 0.3 is 0 Å². The van der Waals surface area contributed by atoms with E-state index >= 15 is 0 Å². The molecule has 11 heteroatoms. The molecule has 2 aromatic carbocycles. The number of hydrogen-bond donors (Lipinski definition) is 1. The van der Waals surface area contributed by atoms with E-state index in [0.29, 0.717) is 24.2 Å². The number of aryl methyl sites for hydroxylation is 1. The molecule has 3 heterocycles. The third kappa shape index (κ3) is 4.79.